The van der Waals surface area contributed by atoms with Crippen LogP contribution in [-0.2, 0) is 13.1 Å². The standard InChI is InChI=1S/C15H14FN3/c16-11-3-1-2-10(6-11)15-18-13-8-17-7-12(13)14(19-15)9-4-5-9/h1-3,6,9,17H,4-5,7-8H2. The van der Waals surface area contributed by atoms with E-state index in [1.54, 1.807) is 6.07 Å². The summed E-state index contributed by atoms with van der Waals surface area (Å²) in [6, 6.07) is 6.52. The molecule has 1 fully saturated rings. The van der Waals surface area contributed by atoms with Gasteiger partial charge in [-0.15, -0.1) is 0 Å². The first-order chi connectivity index (χ1) is 9.31. The maximum absolute atomic E-state index is 13.3. The molecule has 4 rings (SSSR count). The van der Waals surface area contributed by atoms with Crippen molar-refractivity contribution in [1.29, 1.82) is 0 Å². The van der Waals surface area contributed by atoms with E-state index in [1.807, 2.05) is 6.07 Å². The van der Waals surface area contributed by atoms with Crippen molar-refractivity contribution in [2.45, 2.75) is 31.8 Å². The Balaban J connectivity index is 1.87. The second-order valence-electron chi connectivity index (χ2n) is 5.25. The van der Waals surface area contributed by atoms with Crippen molar-refractivity contribution in [2.75, 3.05) is 0 Å². The Hall–Kier alpha value is -1.81. The minimum atomic E-state index is -0.243. The fourth-order valence-electron chi connectivity index (χ4n) is 2.65. The van der Waals surface area contributed by atoms with Crippen molar-refractivity contribution in [3.05, 3.63) is 47.0 Å². The number of rotatable bonds is 2. The van der Waals surface area contributed by atoms with Crippen LogP contribution in [0, 0.1) is 5.82 Å². The van der Waals surface area contributed by atoms with E-state index in [2.05, 4.69) is 10.3 Å². The highest BCUT2D eigenvalue weighted by molar-refractivity contribution is 5.56. The molecule has 0 radical (unpaired) electrons. The Morgan fingerprint density at radius 1 is 1.16 bits per heavy atom. The summed E-state index contributed by atoms with van der Waals surface area (Å²) in [7, 11) is 0. The lowest BCUT2D eigenvalue weighted by molar-refractivity contribution is 0.628. The average Bonchev–Trinajstić information content (AvgIpc) is 3.15. The third-order valence-corrected chi connectivity index (χ3v) is 3.77. The third-order valence-electron chi connectivity index (χ3n) is 3.77. The quantitative estimate of drug-likeness (QED) is 0.896. The van der Waals surface area contributed by atoms with Crippen LogP contribution in [0.3, 0.4) is 0 Å². The molecular formula is C15H14FN3. The summed E-state index contributed by atoms with van der Waals surface area (Å²) in [5, 5.41) is 3.32. The van der Waals surface area contributed by atoms with Gasteiger partial charge >= 0.3 is 0 Å². The molecule has 0 amide bonds. The number of hydrogen-bond acceptors (Lipinski definition) is 3. The summed E-state index contributed by atoms with van der Waals surface area (Å²) in [5.74, 6) is 1.00. The van der Waals surface area contributed by atoms with Gasteiger partial charge in [-0.05, 0) is 25.0 Å². The maximum Gasteiger partial charge on any atom is 0.159 e. The monoisotopic (exact) mass is 255 g/mol. The molecule has 1 aliphatic heterocycles. The molecule has 0 unspecified atom stereocenters. The molecule has 1 aromatic carbocycles. The summed E-state index contributed by atoms with van der Waals surface area (Å²) >= 11 is 0. The van der Waals surface area contributed by atoms with Crippen molar-refractivity contribution in [1.82, 2.24) is 15.3 Å². The van der Waals surface area contributed by atoms with Gasteiger partial charge in [-0.1, -0.05) is 12.1 Å². The lowest BCUT2D eigenvalue weighted by atomic mass is 10.1. The number of hydrogen-bond donors (Lipinski definition) is 1. The zero-order valence-corrected chi connectivity index (χ0v) is 10.5. The van der Waals surface area contributed by atoms with Gasteiger partial charge in [0.15, 0.2) is 5.82 Å². The Morgan fingerprint density at radius 3 is 2.84 bits per heavy atom. The number of nitrogens with one attached hydrogen (secondary N) is 1. The lowest BCUT2D eigenvalue weighted by Crippen LogP contribution is -2.02. The SMILES string of the molecule is Fc1cccc(-c2nc3c(c(C4CC4)n2)CNC3)c1. The van der Waals surface area contributed by atoms with E-state index in [0.717, 1.165) is 24.3 Å². The molecule has 0 atom stereocenters. The first-order valence-electron chi connectivity index (χ1n) is 6.67. The molecule has 0 bridgehead atoms. The topological polar surface area (TPSA) is 37.8 Å². The van der Waals surface area contributed by atoms with Crippen LogP contribution in [0.2, 0.25) is 0 Å². The van der Waals surface area contributed by atoms with Crippen molar-refractivity contribution >= 4 is 0 Å². The molecule has 2 aliphatic rings. The smallest absolute Gasteiger partial charge is 0.159 e. The van der Waals surface area contributed by atoms with Crippen molar-refractivity contribution < 1.29 is 4.39 Å². The molecule has 3 nitrogen and oxygen atoms in total. The number of benzene rings is 1. The summed E-state index contributed by atoms with van der Waals surface area (Å²) in [6.45, 7) is 1.66. The number of aromatic nitrogens is 2. The van der Waals surface area contributed by atoms with Gasteiger partial charge in [0, 0.05) is 30.1 Å². The summed E-state index contributed by atoms with van der Waals surface area (Å²) < 4.78 is 13.3. The first-order valence-corrected chi connectivity index (χ1v) is 6.67. The second kappa shape index (κ2) is 4.10. The molecule has 2 aromatic rings. The lowest BCUT2D eigenvalue weighted by Gasteiger charge is -2.09. The summed E-state index contributed by atoms with van der Waals surface area (Å²) in [6.07, 6.45) is 2.43. The number of halogens is 1. The van der Waals surface area contributed by atoms with Crippen LogP contribution < -0.4 is 5.32 Å². The molecule has 19 heavy (non-hydrogen) atoms. The highest BCUT2D eigenvalue weighted by Crippen LogP contribution is 2.42. The van der Waals surface area contributed by atoms with Crippen LogP contribution in [-0.4, -0.2) is 9.97 Å². The van der Waals surface area contributed by atoms with Gasteiger partial charge in [0.25, 0.3) is 0 Å². The van der Waals surface area contributed by atoms with Gasteiger partial charge in [0.05, 0.1) is 11.4 Å². The van der Waals surface area contributed by atoms with Crippen molar-refractivity contribution in [3.8, 4) is 11.4 Å². The molecule has 1 saturated carbocycles. The van der Waals surface area contributed by atoms with Gasteiger partial charge in [-0.25, -0.2) is 14.4 Å². The van der Waals surface area contributed by atoms with Crippen LogP contribution in [0.25, 0.3) is 11.4 Å². The Morgan fingerprint density at radius 2 is 2.05 bits per heavy atom. The largest absolute Gasteiger partial charge is 0.307 e. The highest BCUT2D eigenvalue weighted by atomic mass is 19.1. The number of fused-ring (bicyclic) bond motifs is 1. The molecule has 2 heterocycles. The fraction of sp³-hybridized carbons (Fsp3) is 0.333. The van der Waals surface area contributed by atoms with Crippen LogP contribution >= 0.6 is 0 Å². The van der Waals surface area contributed by atoms with E-state index in [1.165, 1.54) is 36.2 Å². The predicted molar refractivity (Wildman–Crippen MR) is 69.9 cm³/mol. The third kappa shape index (κ3) is 1.92. The molecular weight excluding hydrogens is 241 g/mol. The molecule has 4 heteroatoms. The van der Waals surface area contributed by atoms with E-state index in [4.69, 9.17) is 4.98 Å². The van der Waals surface area contributed by atoms with E-state index >= 15 is 0 Å². The van der Waals surface area contributed by atoms with E-state index in [-0.39, 0.29) is 5.82 Å². The fourth-order valence-corrected chi connectivity index (χ4v) is 2.65. The van der Waals surface area contributed by atoms with Crippen LogP contribution in [0.5, 0.6) is 0 Å². The molecule has 1 aromatic heterocycles. The van der Waals surface area contributed by atoms with Gasteiger partial charge in [-0.3, -0.25) is 0 Å². The number of nitrogens with zero attached hydrogens (tertiary/aromatic N) is 2. The van der Waals surface area contributed by atoms with Crippen LogP contribution in [0.4, 0.5) is 4.39 Å². The zero-order valence-electron chi connectivity index (χ0n) is 10.5. The molecule has 96 valence electrons. The Kier molecular flexibility index (Phi) is 2.38. The minimum absolute atomic E-state index is 0.243. The second-order valence-corrected chi connectivity index (χ2v) is 5.25. The Bertz CT molecular complexity index is 650. The normalized spacial score (nSPS) is 17.5. The minimum Gasteiger partial charge on any atom is -0.307 e. The predicted octanol–water partition coefficient (Wildman–Crippen LogP) is 2.76. The molecule has 1 aliphatic carbocycles. The van der Waals surface area contributed by atoms with E-state index < -0.39 is 0 Å². The van der Waals surface area contributed by atoms with E-state index in [0.29, 0.717) is 11.7 Å². The summed E-state index contributed by atoms with van der Waals surface area (Å²) in [5.41, 5.74) is 4.28. The van der Waals surface area contributed by atoms with Crippen molar-refractivity contribution in [3.63, 3.8) is 0 Å². The van der Waals surface area contributed by atoms with Gasteiger partial charge in [0.2, 0.25) is 0 Å². The van der Waals surface area contributed by atoms with Gasteiger partial charge in [-0.2, -0.15) is 0 Å². The van der Waals surface area contributed by atoms with Crippen LogP contribution in [0.1, 0.15) is 35.7 Å². The molecule has 0 spiro atoms. The Labute approximate surface area is 110 Å². The first kappa shape index (κ1) is 11.1. The molecule has 1 N–H and O–H groups in total. The zero-order chi connectivity index (χ0) is 12.8. The van der Waals surface area contributed by atoms with Crippen molar-refractivity contribution in [2.24, 2.45) is 0 Å². The average molecular weight is 255 g/mol. The molecule has 0 saturated heterocycles. The highest BCUT2D eigenvalue weighted by Gasteiger charge is 2.31. The van der Waals surface area contributed by atoms with Gasteiger partial charge < -0.3 is 5.32 Å². The van der Waals surface area contributed by atoms with Gasteiger partial charge in [0.1, 0.15) is 5.82 Å². The summed E-state index contributed by atoms with van der Waals surface area (Å²) in [4.78, 5) is 9.30. The van der Waals surface area contributed by atoms with Crippen LogP contribution in [0.15, 0.2) is 24.3 Å². The van der Waals surface area contributed by atoms with E-state index in [9.17, 15) is 4.39 Å². The maximum atomic E-state index is 13.3.